The number of carbonyl (C=O) groups is 2. The van der Waals surface area contributed by atoms with E-state index in [-0.39, 0.29) is 11.9 Å². The van der Waals surface area contributed by atoms with E-state index in [1.54, 1.807) is 40.1 Å². The van der Waals surface area contributed by atoms with Crippen LogP contribution in [-0.2, 0) is 0 Å². The highest BCUT2D eigenvalue weighted by Gasteiger charge is 2.26. The van der Waals surface area contributed by atoms with E-state index in [2.05, 4.69) is 5.32 Å². The first-order valence-electron chi connectivity index (χ1n) is 7.38. The second-order valence-corrected chi connectivity index (χ2v) is 6.15. The summed E-state index contributed by atoms with van der Waals surface area (Å²) in [4.78, 5) is 27.8. The van der Waals surface area contributed by atoms with Crippen LogP contribution in [0, 0.1) is 0 Å². The standard InChI is InChI=1S/C16H15Cl2N3O3/c17-11-3-4-12(18)13(10-11)19-16(23)21-7-5-20(6-8-21)15(22)14-2-1-9-24-14/h1-4,9-10H,5-8H2,(H,19,23). The van der Waals surface area contributed by atoms with Gasteiger partial charge in [-0.2, -0.15) is 0 Å². The van der Waals surface area contributed by atoms with Crippen LogP contribution in [0.15, 0.2) is 41.0 Å². The van der Waals surface area contributed by atoms with Gasteiger partial charge in [0.05, 0.1) is 17.0 Å². The number of benzene rings is 1. The van der Waals surface area contributed by atoms with Crippen molar-refractivity contribution in [3.8, 4) is 0 Å². The van der Waals surface area contributed by atoms with E-state index < -0.39 is 0 Å². The molecular weight excluding hydrogens is 353 g/mol. The number of carbonyl (C=O) groups excluding carboxylic acids is 2. The minimum absolute atomic E-state index is 0.169. The molecule has 0 bridgehead atoms. The van der Waals surface area contributed by atoms with Gasteiger partial charge in [-0.15, -0.1) is 0 Å². The zero-order chi connectivity index (χ0) is 17.1. The maximum Gasteiger partial charge on any atom is 0.322 e. The number of urea groups is 1. The molecule has 1 aromatic heterocycles. The van der Waals surface area contributed by atoms with Gasteiger partial charge >= 0.3 is 6.03 Å². The number of hydrogen-bond acceptors (Lipinski definition) is 3. The number of amides is 3. The highest BCUT2D eigenvalue weighted by molar-refractivity contribution is 6.35. The van der Waals surface area contributed by atoms with E-state index >= 15 is 0 Å². The number of nitrogens with zero attached hydrogens (tertiary/aromatic N) is 2. The van der Waals surface area contributed by atoms with Gasteiger partial charge in [0.1, 0.15) is 0 Å². The molecule has 1 aliphatic rings. The Hall–Kier alpha value is -2.18. The first-order valence-corrected chi connectivity index (χ1v) is 8.14. The monoisotopic (exact) mass is 367 g/mol. The van der Waals surface area contributed by atoms with Crippen LogP contribution in [-0.4, -0.2) is 47.9 Å². The summed E-state index contributed by atoms with van der Waals surface area (Å²) in [5.74, 6) is 0.136. The zero-order valence-electron chi connectivity index (χ0n) is 12.7. The molecule has 0 aliphatic carbocycles. The molecule has 1 fully saturated rings. The highest BCUT2D eigenvalue weighted by Crippen LogP contribution is 2.25. The summed E-state index contributed by atoms with van der Waals surface area (Å²) >= 11 is 12.0. The number of rotatable bonds is 2. The number of furan rings is 1. The minimum atomic E-state index is -0.274. The molecule has 0 unspecified atom stereocenters. The predicted octanol–water partition coefficient (Wildman–Crippen LogP) is 3.58. The third-order valence-electron chi connectivity index (χ3n) is 3.76. The zero-order valence-corrected chi connectivity index (χ0v) is 14.2. The molecule has 8 heteroatoms. The van der Waals surface area contributed by atoms with Crippen molar-refractivity contribution in [1.29, 1.82) is 0 Å². The second kappa shape index (κ2) is 7.15. The van der Waals surface area contributed by atoms with Crippen LogP contribution in [0.25, 0.3) is 0 Å². The van der Waals surface area contributed by atoms with Crippen LogP contribution < -0.4 is 5.32 Å². The van der Waals surface area contributed by atoms with Gasteiger partial charge in [0.15, 0.2) is 5.76 Å². The molecule has 2 aromatic rings. The van der Waals surface area contributed by atoms with Crippen molar-refractivity contribution in [2.24, 2.45) is 0 Å². The lowest BCUT2D eigenvalue weighted by atomic mass is 10.3. The third kappa shape index (κ3) is 3.66. The summed E-state index contributed by atoms with van der Waals surface area (Å²) in [5, 5.41) is 3.65. The van der Waals surface area contributed by atoms with Crippen molar-refractivity contribution in [1.82, 2.24) is 9.80 Å². The van der Waals surface area contributed by atoms with Crippen LogP contribution in [0.4, 0.5) is 10.5 Å². The third-order valence-corrected chi connectivity index (χ3v) is 4.32. The Balaban J connectivity index is 1.57. The Morgan fingerprint density at radius 2 is 1.75 bits per heavy atom. The molecule has 3 rings (SSSR count). The van der Waals surface area contributed by atoms with Crippen LogP contribution >= 0.6 is 23.2 Å². The van der Waals surface area contributed by atoms with Gasteiger partial charge in [-0.3, -0.25) is 4.79 Å². The number of anilines is 1. The lowest BCUT2D eigenvalue weighted by Crippen LogP contribution is -2.51. The van der Waals surface area contributed by atoms with Gasteiger partial charge < -0.3 is 19.5 Å². The molecule has 126 valence electrons. The Morgan fingerprint density at radius 3 is 2.42 bits per heavy atom. The number of halogens is 2. The Morgan fingerprint density at radius 1 is 1.04 bits per heavy atom. The van der Waals surface area contributed by atoms with Gasteiger partial charge in [-0.1, -0.05) is 23.2 Å². The van der Waals surface area contributed by atoms with Gasteiger partial charge in [0.2, 0.25) is 0 Å². The Labute approximate surface area is 148 Å². The molecule has 0 radical (unpaired) electrons. The highest BCUT2D eigenvalue weighted by atomic mass is 35.5. The lowest BCUT2D eigenvalue weighted by molar-refractivity contribution is 0.0640. The molecule has 24 heavy (non-hydrogen) atoms. The quantitative estimate of drug-likeness (QED) is 0.881. The van der Waals surface area contributed by atoms with Gasteiger partial charge in [-0.05, 0) is 30.3 Å². The molecule has 6 nitrogen and oxygen atoms in total. The lowest BCUT2D eigenvalue weighted by Gasteiger charge is -2.34. The topological polar surface area (TPSA) is 65.8 Å². The average Bonchev–Trinajstić information content (AvgIpc) is 3.12. The summed E-state index contributed by atoms with van der Waals surface area (Å²) < 4.78 is 5.11. The van der Waals surface area contributed by atoms with E-state index in [0.717, 1.165) is 0 Å². The molecule has 3 amide bonds. The van der Waals surface area contributed by atoms with Gasteiger partial charge in [-0.25, -0.2) is 4.79 Å². The van der Waals surface area contributed by atoms with Crippen molar-refractivity contribution in [3.63, 3.8) is 0 Å². The Kier molecular flexibility index (Phi) is 4.97. The molecule has 2 heterocycles. The van der Waals surface area contributed by atoms with Crippen molar-refractivity contribution in [2.45, 2.75) is 0 Å². The summed E-state index contributed by atoms with van der Waals surface area (Å²) in [7, 11) is 0. The van der Waals surface area contributed by atoms with Crippen molar-refractivity contribution < 1.29 is 14.0 Å². The summed E-state index contributed by atoms with van der Waals surface area (Å²) in [6, 6.07) is 7.90. The molecule has 1 aliphatic heterocycles. The van der Waals surface area contributed by atoms with Gasteiger partial charge in [0, 0.05) is 31.2 Å². The van der Waals surface area contributed by atoms with E-state index in [4.69, 9.17) is 27.6 Å². The maximum absolute atomic E-state index is 12.3. The van der Waals surface area contributed by atoms with Gasteiger partial charge in [0.25, 0.3) is 5.91 Å². The molecule has 1 saturated heterocycles. The molecule has 0 saturated carbocycles. The average molecular weight is 368 g/mol. The first kappa shape index (κ1) is 16.7. The largest absolute Gasteiger partial charge is 0.459 e. The van der Waals surface area contributed by atoms with E-state index in [0.29, 0.717) is 47.7 Å². The maximum atomic E-state index is 12.3. The molecule has 0 spiro atoms. The van der Waals surface area contributed by atoms with Crippen molar-refractivity contribution >= 4 is 40.8 Å². The fraction of sp³-hybridized carbons (Fsp3) is 0.250. The van der Waals surface area contributed by atoms with Crippen LogP contribution in [0.2, 0.25) is 10.0 Å². The number of nitrogens with one attached hydrogen (secondary N) is 1. The van der Waals surface area contributed by atoms with Crippen LogP contribution in [0.3, 0.4) is 0 Å². The summed E-state index contributed by atoms with van der Waals surface area (Å²) in [6.45, 7) is 1.74. The fourth-order valence-electron chi connectivity index (χ4n) is 2.46. The molecular formula is C16H15Cl2N3O3. The van der Waals surface area contributed by atoms with E-state index in [1.165, 1.54) is 6.26 Å². The summed E-state index contributed by atoms with van der Waals surface area (Å²) in [5.41, 5.74) is 0.461. The SMILES string of the molecule is O=C(Nc1cc(Cl)ccc1Cl)N1CCN(C(=O)c2ccco2)CC1. The van der Waals surface area contributed by atoms with Crippen molar-refractivity contribution in [3.05, 3.63) is 52.4 Å². The van der Waals surface area contributed by atoms with Crippen LogP contribution in [0.1, 0.15) is 10.6 Å². The van der Waals surface area contributed by atoms with Crippen LogP contribution in [0.5, 0.6) is 0 Å². The first-order chi connectivity index (χ1) is 11.5. The van der Waals surface area contributed by atoms with E-state index in [9.17, 15) is 9.59 Å². The minimum Gasteiger partial charge on any atom is -0.459 e. The van der Waals surface area contributed by atoms with Crippen molar-refractivity contribution in [2.75, 3.05) is 31.5 Å². The normalized spacial score (nSPS) is 14.6. The summed E-state index contributed by atoms with van der Waals surface area (Å²) in [6.07, 6.45) is 1.46. The number of hydrogen-bond donors (Lipinski definition) is 1. The second-order valence-electron chi connectivity index (χ2n) is 5.31. The van der Waals surface area contributed by atoms with E-state index in [1.807, 2.05) is 0 Å². The molecule has 1 N–H and O–H groups in total. The fourth-order valence-corrected chi connectivity index (χ4v) is 2.79. The molecule has 1 aromatic carbocycles. The number of piperazine rings is 1. The predicted molar refractivity (Wildman–Crippen MR) is 91.7 cm³/mol. The smallest absolute Gasteiger partial charge is 0.322 e. The Bertz CT molecular complexity index is 741. The molecule has 0 atom stereocenters.